The topological polar surface area (TPSA) is 52.3 Å². The third kappa shape index (κ3) is 2.88. The first-order valence-corrected chi connectivity index (χ1v) is 7.45. The Balaban J connectivity index is 2.14. The number of oxazole rings is 1. The predicted octanol–water partition coefficient (Wildman–Crippen LogP) is 4.54. The standard InChI is InChI=1S/C19H17NO3/c1-4-13-8-7-9-14(17(13)23-19(21)12(2)3)18-20-15-10-5-6-11-16(15)22-18/h5-11H,2,4H2,1,3H3. The number of hydrogen-bond donors (Lipinski definition) is 0. The van der Waals surface area contributed by atoms with E-state index in [1.807, 2.05) is 49.4 Å². The molecule has 0 spiro atoms. The molecular formula is C19H17NO3. The molecule has 0 bridgehead atoms. The maximum absolute atomic E-state index is 12.0. The van der Waals surface area contributed by atoms with Crippen molar-refractivity contribution in [2.75, 3.05) is 0 Å². The molecule has 0 aliphatic carbocycles. The highest BCUT2D eigenvalue weighted by Gasteiger charge is 2.18. The summed E-state index contributed by atoms with van der Waals surface area (Å²) < 4.78 is 11.4. The second-order valence-corrected chi connectivity index (χ2v) is 5.30. The molecule has 0 atom stereocenters. The van der Waals surface area contributed by atoms with E-state index in [2.05, 4.69) is 11.6 Å². The molecule has 1 heterocycles. The van der Waals surface area contributed by atoms with E-state index in [-0.39, 0.29) is 0 Å². The third-order valence-electron chi connectivity index (χ3n) is 3.54. The average Bonchev–Trinajstić information content (AvgIpc) is 2.98. The van der Waals surface area contributed by atoms with Crippen LogP contribution in [-0.2, 0) is 11.2 Å². The van der Waals surface area contributed by atoms with Crippen LogP contribution in [0.5, 0.6) is 5.75 Å². The Kier molecular flexibility index (Phi) is 3.98. The quantitative estimate of drug-likeness (QED) is 0.403. The van der Waals surface area contributed by atoms with Crippen LogP contribution in [0.15, 0.2) is 59.0 Å². The molecule has 0 radical (unpaired) electrons. The maximum atomic E-state index is 12.0. The Morgan fingerprint density at radius 3 is 2.70 bits per heavy atom. The van der Waals surface area contributed by atoms with Crippen molar-refractivity contribution < 1.29 is 13.9 Å². The van der Waals surface area contributed by atoms with Crippen molar-refractivity contribution in [3.63, 3.8) is 0 Å². The van der Waals surface area contributed by atoms with Crippen molar-refractivity contribution in [1.82, 2.24) is 4.98 Å². The first-order chi connectivity index (χ1) is 11.1. The van der Waals surface area contributed by atoms with Crippen LogP contribution >= 0.6 is 0 Å². The van der Waals surface area contributed by atoms with Gasteiger partial charge in [0.15, 0.2) is 5.58 Å². The Labute approximate surface area is 134 Å². The van der Waals surface area contributed by atoms with E-state index in [4.69, 9.17) is 9.15 Å². The largest absolute Gasteiger partial charge is 0.436 e. The van der Waals surface area contributed by atoms with E-state index >= 15 is 0 Å². The van der Waals surface area contributed by atoms with Crippen LogP contribution < -0.4 is 4.74 Å². The number of aromatic nitrogens is 1. The summed E-state index contributed by atoms with van der Waals surface area (Å²) in [5.41, 5.74) is 3.39. The van der Waals surface area contributed by atoms with Crippen molar-refractivity contribution in [2.45, 2.75) is 20.3 Å². The zero-order chi connectivity index (χ0) is 16.4. The number of benzene rings is 2. The molecule has 0 N–H and O–H groups in total. The van der Waals surface area contributed by atoms with E-state index in [0.29, 0.717) is 28.4 Å². The van der Waals surface area contributed by atoms with Crippen molar-refractivity contribution in [2.24, 2.45) is 0 Å². The molecule has 0 unspecified atom stereocenters. The Morgan fingerprint density at radius 2 is 2.00 bits per heavy atom. The maximum Gasteiger partial charge on any atom is 0.338 e. The molecule has 23 heavy (non-hydrogen) atoms. The van der Waals surface area contributed by atoms with Crippen molar-refractivity contribution in [3.8, 4) is 17.2 Å². The second kappa shape index (κ2) is 6.08. The minimum atomic E-state index is -0.455. The van der Waals surface area contributed by atoms with Gasteiger partial charge in [0.1, 0.15) is 11.3 Å². The summed E-state index contributed by atoms with van der Waals surface area (Å²) in [7, 11) is 0. The molecule has 3 rings (SSSR count). The first-order valence-electron chi connectivity index (χ1n) is 7.45. The number of aryl methyl sites for hydroxylation is 1. The number of esters is 1. The van der Waals surface area contributed by atoms with Gasteiger partial charge in [-0.2, -0.15) is 0 Å². The van der Waals surface area contributed by atoms with E-state index in [9.17, 15) is 4.79 Å². The molecular weight excluding hydrogens is 290 g/mol. The molecule has 0 aliphatic heterocycles. The van der Waals surface area contributed by atoms with Gasteiger partial charge in [0, 0.05) is 5.57 Å². The molecule has 116 valence electrons. The predicted molar refractivity (Wildman–Crippen MR) is 89.3 cm³/mol. The van der Waals surface area contributed by atoms with E-state index in [0.717, 1.165) is 17.5 Å². The number of carbonyl (C=O) groups excluding carboxylic acids is 1. The molecule has 1 aromatic heterocycles. The van der Waals surface area contributed by atoms with Gasteiger partial charge in [-0.15, -0.1) is 0 Å². The molecule has 0 amide bonds. The van der Waals surface area contributed by atoms with Gasteiger partial charge in [0.2, 0.25) is 5.89 Å². The molecule has 0 aliphatic rings. The normalized spacial score (nSPS) is 10.7. The van der Waals surface area contributed by atoms with Crippen molar-refractivity contribution >= 4 is 17.1 Å². The molecule has 0 fully saturated rings. The summed E-state index contributed by atoms with van der Waals surface area (Å²) in [6, 6.07) is 13.2. The van der Waals surface area contributed by atoms with E-state index in [1.54, 1.807) is 6.92 Å². The number of hydrogen-bond acceptors (Lipinski definition) is 4. The fraction of sp³-hybridized carbons (Fsp3) is 0.158. The van der Waals surface area contributed by atoms with Gasteiger partial charge < -0.3 is 9.15 Å². The van der Waals surface area contributed by atoms with Crippen molar-refractivity contribution in [3.05, 3.63) is 60.2 Å². The summed E-state index contributed by atoms with van der Waals surface area (Å²) in [5, 5.41) is 0. The molecule has 4 nitrogen and oxygen atoms in total. The van der Waals surface area contributed by atoms with Gasteiger partial charge in [0.25, 0.3) is 0 Å². The lowest BCUT2D eigenvalue weighted by molar-refractivity contribution is -0.130. The van der Waals surface area contributed by atoms with E-state index < -0.39 is 5.97 Å². The molecule has 0 saturated carbocycles. The van der Waals surface area contributed by atoms with Gasteiger partial charge in [-0.05, 0) is 37.1 Å². The zero-order valence-electron chi connectivity index (χ0n) is 13.1. The first kappa shape index (κ1) is 15.0. The molecule has 3 aromatic rings. The summed E-state index contributed by atoms with van der Waals surface area (Å²) >= 11 is 0. The molecule has 4 heteroatoms. The smallest absolute Gasteiger partial charge is 0.338 e. The summed E-state index contributed by atoms with van der Waals surface area (Å²) in [6.45, 7) is 7.25. The Bertz CT molecular complexity index is 860. The number of carbonyl (C=O) groups is 1. The SMILES string of the molecule is C=C(C)C(=O)Oc1c(CC)cccc1-c1nc2ccccc2o1. The van der Waals surface area contributed by atoms with Gasteiger partial charge in [-0.3, -0.25) is 0 Å². The van der Waals surface area contributed by atoms with Crippen LogP contribution in [0.3, 0.4) is 0 Å². The summed E-state index contributed by atoms with van der Waals surface area (Å²) in [5.74, 6) is 0.462. The Morgan fingerprint density at radius 1 is 1.22 bits per heavy atom. The fourth-order valence-corrected chi connectivity index (χ4v) is 2.32. The molecule has 0 saturated heterocycles. The number of ether oxygens (including phenoxy) is 1. The van der Waals surface area contributed by atoms with Gasteiger partial charge >= 0.3 is 5.97 Å². The number of fused-ring (bicyclic) bond motifs is 1. The third-order valence-corrected chi connectivity index (χ3v) is 3.54. The average molecular weight is 307 g/mol. The van der Waals surface area contributed by atoms with Crippen molar-refractivity contribution in [1.29, 1.82) is 0 Å². The minimum absolute atomic E-state index is 0.347. The highest BCUT2D eigenvalue weighted by Crippen LogP contribution is 2.35. The zero-order valence-corrected chi connectivity index (χ0v) is 13.1. The van der Waals surface area contributed by atoms with Gasteiger partial charge in [0.05, 0.1) is 5.56 Å². The molecule has 2 aromatic carbocycles. The van der Waals surface area contributed by atoms with Gasteiger partial charge in [-0.25, -0.2) is 9.78 Å². The number of para-hydroxylation sites is 3. The van der Waals surface area contributed by atoms with Crippen LogP contribution in [0.2, 0.25) is 0 Å². The lowest BCUT2D eigenvalue weighted by Crippen LogP contribution is -2.10. The fourth-order valence-electron chi connectivity index (χ4n) is 2.32. The summed E-state index contributed by atoms with van der Waals surface area (Å²) in [6.07, 6.45) is 0.729. The van der Waals surface area contributed by atoms with Crippen LogP contribution in [0, 0.1) is 0 Å². The Hall–Kier alpha value is -2.88. The van der Waals surface area contributed by atoms with Crippen LogP contribution in [0.4, 0.5) is 0 Å². The van der Waals surface area contributed by atoms with Gasteiger partial charge in [-0.1, -0.05) is 37.8 Å². The minimum Gasteiger partial charge on any atom is -0.436 e. The lowest BCUT2D eigenvalue weighted by Gasteiger charge is -2.12. The van der Waals surface area contributed by atoms with Crippen LogP contribution in [0.1, 0.15) is 19.4 Å². The van der Waals surface area contributed by atoms with E-state index in [1.165, 1.54) is 0 Å². The summed E-state index contributed by atoms with van der Waals surface area (Å²) in [4.78, 5) is 16.5. The number of rotatable bonds is 4. The number of nitrogens with zero attached hydrogens (tertiary/aromatic N) is 1. The second-order valence-electron chi connectivity index (χ2n) is 5.30. The van der Waals surface area contributed by atoms with Crippen LogP contribution in [0.25, 0.3) is 22.6 Å². The monoisotopic (exact) mass is 307 g/mol. The highest BCUT2D eigenvalue weighted by atomic mass is 16.5. The lowest BCUT2D eigenvalue weighted by atomic mass is 10.1. The highest BCUT2D eigenvalue weighted by molar-refractivity contribution is 5.90. The van der Waals surface area contributed by atoms with Crippen LogP contribution in [-0.4, -0.2) is 11.0 Å².